The fourth-order valence-corrected chi connectivity index (χ4v) is 4.42. The maximum atomic E-state index is 13.9. The molecule has 3 N–H and O–H groups in total. The molecule has 10 heteroatoms. The number of nitrogens with two attached hydrogens (primary N) is 1. The quantitative estimate of drug-likeness (QED) is 0.380. The van der Waals surface area contributed by atoms with Crippen LogP contribution < -0.4 is 15.8 Å². The number of rotatable bonds is 6. The van der Waals surface area contributed by atoms with E-state index in [1.165, 1.54) is 5.56 Å². The second-order valence-electron chi connectivity index (χ2n) is 7.65. The van der Waals surface area contributed by atoms with E-state index in [2.05, 4.69) is 48.9 Å². The maximum Gasteiger partial charge on any atom is 0.312 e. The van der Waals surface area contributed by atoms with Crippen LogP contribution in [-0.4, -0.2) is 38.1 Å². The first-order valence-corrected chi connectivity index (χ1v) is 11.0. The molecule has 0 atom stereocenters. The number of hydrogen-bond acceptors (Lipinski definition) is 6. The number of ether oxygens (including phenoxy) is 1. The van der Waals surface area contributed by atoms with E-state index in [-0.39, 0.29) is 18.1 Å². The summed E-state index contributed by atoms with van der Waals surface area (Å²) in [6.07, 6.45) is 2.79. The molecule has 3 heterocycles. The van der Waals surface area contributed by atoms with Crippen molar-refractivity contribution in [3.63, 3.8) is 0 Å². The van der Waals surface area contributed by atoms with Gasteiger partial charge in [0.15, 0.2) is 17.0 Å². The summed E-state index contributed by atoms with van der Waals surface area (Å²) >= 11 is 2.31. The van der Waals surface area contributed by atoms with Crippen LogP contribution >= 0.6 is 22.6 Å². The van der Waals surface area contributed by atoms with Gasteiger partial charge in [-0.05, 0) is 58.7 Å². The largest absolute Gasteiger partial charge is 0.493 e. The zero-order valence-corrected chi connectivity index (χ0v) is 18.3. The molecule has 3 aromatic rings. The number of nitrogens with zero attached hydrogens (tertiary/aromatic N) is 4. The lowest BCUT2D eigenvalue weighted by Gasteiger charge is -2.11. The highest BCUT2D eigenvalue weighted by atomic mass is 127. The van der Waals surface area contributed by atoms with Crippen molar-refractivity contribution < 1.29 is 13.9 Å². The fraction of sp³-hybridized carbons (Fsp3) is 0.400. The normalized spacial score (nSPS) is 15.3. The Balaban J connectivity index is 1.50. The maximum absolute atomic E-state index is 13.9. The molecule has 1 saturated carbocycles. The SMILES string of the molecule is Nc1nc(F)nc2c1nc(Cc1cc3c(cc1I)CCO3)n2CCC(=O)NC1CC1. The first-order valence-electron chi connectivity index (χ1n) is 9.89. The van der Waals surface area contributed by atoms with Crippen LogP contribution in [0, 0.1) is 9.65 Å². The number of hydrogen-bond donors (Lipinski definition) is 2. The highest BCUT2D eigenvalue weighted by Gasteiger charge is 2.24. The number of anilines is 1. The molecule has 156 valence electrons. The first kappa shape index (κ1) is 19.5. The summed E-state index contributed by atoms with van der Waals surface area (Å²) in [5, 5.41) is 2.97. The van der Waals surface area contributed by atoms with Crippen molar-refractivity contribution in [1.82, 2.24) is 24.8 Å². The molecule has 1 fully saturated rings. The van der Waals surface area contributed by atoms with E-state index in [0.717, 1.165) is 34.1 Å². The van der Waals surface area contributed by atoms with Crippen LogP contribution in [0.15, 0.2) is 12.1 Å². The van der Waals surface area contributed by atoms with Gasteiger partial charge in [0.05, 0.1) is 6.61 Å². The number of nitrogen functional groups attached to an aromatic ring is 1. The van der Waals surface area contributed by atoms with E-state index in [1.54, 1.807) is 4.57 Å². The minimum absolute atomic E-state index is 0.00749. The fourth-order valence-electron chi connectivity index (χ4n) is 3.69. The Kier molecular flexibility index (Phi) is 4.95. The Morgan fingerprint density at radius 3 is 2.97 bits per heavy atom. The minimum Gasteiger partial charge on any atom is -0.493 e. The predicted molar refractivity (Wildman–Crippen MR) is 117 cm³/mol. The van der Waals surface area contributed by atoms with Crippen molar-refractivity contribution in [2.75, 3.05) is 12.3 Å². The molecule has 1 amide bonds. The van der Waals surface area contributed by atoms with Gasteiger partial charge in [0.1, 0.15) is 11.6 Å². The second-order valence-corrected chi connectivity index (χ2v) is 8.81. The van der Waals surface area contributed by atoms with Crippen molar-refractivity contribution in [2.45, 2.75) is 44.7 Å². The molecule has 2 aromatic heterocycles. The first-order chi connectivity index (χ1) is 14.5. The molecule has 1 aliphatic heterocycles. The lowest BCUT2D eigenvalue weighted by Crippen LogP contribution is -2.26. The van der Waals surface area contributed by atoms with Crippen LogP contribution in [0.3, 0.4) is 0 Å². The zero-order valence-electron chi connectivity index (χ0n) is 16.1. The molecule has 0 unspecified atom stereocenters. The molecule has 2 aliphatic rings. The minimum atomic E-state index is -0.907. The standard InChI is InChI=1S/C20H20FIN6O2/c21-20-26-18(23)17-19(27-20)28(5-3-16(29)24-12-1-2-12)15(25-17)9-11-8-14-10(4-6-30-14)7-13(11)22/h7-8,12H,1-6,9H2,(H,24,29)(H2,23,26,27). The zero-order chi connectivity index (χ0) is 20.8. The summed E-state index contributed by atoms with van der Waals surface area (Å²) in [5.41, 5.74) is 8.80. The van der Waals surface area contributed by atoms with Crippen LogP contribution in [0.25, 0.3) is 11.2 Å². The molecular formula is C20H20FIN6O2. The number of nitrogens with one attached hydrogen (secondary N) is 1. The van der Waals surface area contributed by atoms with E-state index in [0.29, 0.717) is 42.6 Å². The van der Waals surface area contributed by atoms with Gasteiger partial charge in [0.25, 0.3) is 0 Å². The molecule has 0 bridgehead atoms. The van der Waals surface area contributed by atoms with E-state index in [4.69, 9.17) is 10.5 Å². The van der Waals surface area contributed by atoms with Crippen molar-refractivity contribution >= 4 is 45.5 Å². The molecule has 30 heavy (non-hydrogen) atoms. The number of amides is 1. The monoisotopic (exact) mass is 522 g/mol. The van der Waals surface area contributed by atoms with Crippen molar-refractivity contribution in [1.29, 1.82) is 0 Å². The average Bonchev–Trinajstić information content (AvgIpc) is 3.27. The summed E-state index contributed by atoms with van der Waals surface area (Å²) in [4.78, 5) is 24.3. The van der Waals surface area contributed by atoms with Gasteiger partial charge in [-0.15, -0.1) is 0 Å². The summed E-state index contributed by atoms with van der Waals surface area (Å²) in [5.74, 6) is 1.51. The Hall–Kier alpha value is -2.50. The van der Waals surface area contributed by atoms with Gasteiger partial charge >= 0.3 is 6.08 Å². The van der Waals surface area contributed by atoms with Crippen LogP contribution in [0.2, 0.25) is 0 Å². The topological polar surface area (TPSA) is 108 Å². The van der Waals surface area contributed by atoms with Crippen LogP contribution in [0.4, 0.5) is 10.2 Å². The third-order valence-corrected chi connectivity index (χ3v) is 6.39. The number of halogens is 2. The van der Waals surface area contributed by atoms with Crippen LogP contribution in [0.5, 0.6) is 5.75 Å². The van der Waals surface area contributed by atoms with Gasteiger partial charge in [-0.2, -0.15) is 14.4 Å². The molecular weight excluding hydrogens is 502 g/mol. The molecule has 0 radical (unpaired) electrons. The van der Waals surface area contributed by atoms with Crippen molar-refractivity contribution in [3.05, 3.63) is 38.7 Å². The van der Waals surface area contributed by atoms with Gasteiger partial charge in [0, 0.05) is 35.4 Å². The van der Waals surface area contributed by atoms with Gasteiger partial charge in [-0.1, -0.05) is 0 Å². The highest BCUT2D eigenvalue weighted by Crippen LogP contribution is 2.31. The summed E-state index contributed by atoms with van der Waals surface area (Å²) in [7, 11) is 0. The third kappa shape index (κ3) is 3.80. The number of aryl methyl sites for hydroxylation is 1. The number of fused-ring (bicyclic) bond motifs is 2. The van der Waals surface area contributed by atoms with Crippen molar-refractivity contribution in [3.8, 4) is 5.75 Å². The number of benzene rings is 1. The number of carbonyl (C=O) groups is 1. The molecule has 0 saturated heterocycles. The summed E-state index contributed by atoms with van der Waals surface area (Å²) in [6.45, 7) is 1.02. The number of aromatic nitrogens is 4. The summed E-state index contributed by atoms with van der Waals surface area (Å²) in [6, 6.07) is 4.45. The van der Waals surface area contributed by atoms with Gasteiger partial charge in [-0.3, -0.25) is 4.79 Å². The smallest absolute Gasteiger partial charge is 0.312 e. The highest BCUT2D eigenvalue weighted by molar-refractivity contribution is 14.1. The molecule has 8 nitrogen and oxygen atoms in total. The second kappa shape index (κ2) is 7.64. The van der Waals surface area contributed by atoms with E-state index in [9.17, 15) is 9.18 Å². The predicted octanol–water partition coefficient (Wildman–Crippen LogP) is 2.35. The van der Waals surface area contributed by atoms with Gasteiger partial charge < -0.3 is 20.4 Å². The lowest BCUT2D eigenvalue weighted by molar-refractivity contribution is -0.121. The van der Waals surface area contributed by atoms with Gasteiger partial charge in [-0.25, -0.2) is 4.98 Å². The summed E-state index contributed by atoms with van der Waals surface area (Å²) < 4.78 is 22.4. The molecule has 0 spiro atoms. The van der Waals surface area contributed by atoms with Crippen LogP contribution in [0.1, 0.15) is 36.2 Å². The Morgan fingerprint density at radius 2 is 2.17 bits per heavy atom. The van der Waals surface area contributed by atoms with Gasteiger partial charge in [0.2, 0.25) is 5.91 Å². The van der Waals surface area contributed by atoms with Crippen molar-refractivity contribution in [2.24, 2.45) is 0 Å². The molecule has 1 aromatic carbocycles. The van der Waals surface area contributed by atoms with Crippen LogP contribution in [-0.2, 0) is 24.2 Å². The number of imidazole rings is 1. The number of carbonyl (C=O) groups excluding carboxylic acids is 1. The Bertz CT molecular complexity index is 1160. The Morgan fingerprint density at radius 1 is 1.33 bits per heavy atom. The van der Waals surface area contributed by atoms with E-state index >= 15 is 0 Å². The third-order valence-electron chi connectivity index (χ3n) is 5.39. The molecule has 5 rings (SSSR count). The molecule has 1 aliphatic carbocycles. The Labute approximate surface area is 185 Å². The average molecular weight is 522 g/mol. The van der Waals surface area contributed by atoms with E-state index in [1.807, 2.05) is 6.07 Å². The lowest BCUT2D eigenvalue weighted by atomic mass is 10.1. The van der Waals surface area contributed by atoms with E-state index < -0.39 is 6.08 Å².